The van der Waals surface area contributed by atoms with Crippen LogP contribution < -0.4 is 10.6 Å². The molecule has 0 amide bonds. The summed E-state index contributed by atoms with van der Waals surface area (Å²) in [6.07, 6.45) is 3.93. The summed E-state index contributed by atoms with van der Waals surface area (Å²) in [6, 6.07) is 0. The van der Waals surface area contributed by atoms with E-state index in [1.807, 2.05) is 6.92 Å². The van der Waals surface area contributed by atoms with Crippen LogP contribution in [0.5, 0.6) is 0 Å². The van der Waals surface area contributed by atoms with Crippen molar-refractivity contribution < 1.29 is 8.42 Å². The van der Waals surface area contributed by atoms with Gasteiger partial charge >= 0.3 is 0 Å². The number of nitrogens with zero attached hydrogens (tertiary/aromatic N) is 2. The van der Waals surface area contributed by atoms with Gasteiger partial charge in [0.1, 0.15) is 15.7 Å². The van der Waals surface area contributed by atoms with Gasteiger partial charge < -0.3 is 10.6 Å². The number of hydrogen-bond acceptors (Lipinski definition) is 6. The van der Waals surface area contributed by atoms with Crippen molar-refractivity contribution in [2.24, 2.45) is 0 Å². The number of hydrogen-bond donors (Lipinski definition) is 2. The molecule has 0 aliphatic heterocycles. The molecule has 0 aromatic carbocycles. The highest BCUT2D eigenvalue weighted by atomic mass is 32.2. The van der Waals surface area contributed by atoms with Gasteiger partial charge in [-0.1, -0.05) is 6.92 Å². The molecular formula is C11H20N4O2S. The zero-order valence-corrected chi connectivity index (χ0v) is 11.8. The Morgan fingerprint density at radius 3 is 2.61 bits per heavy atom. The maximum atomic E-state index is 11.0. The molecule has 6 nitrogen and oxygen atoms in total. The van der Waals surface area contributed by atoms with Crippen molar-refractivity contribution in [3.8, 4) is 0 Å². The summed E-state index contributed by atoms with van der Waals surface area (Å²) in [6.45, 7) is 5.11. The lowest BCUT2D eigenvalue weighted by Gasteiger charge is -2.10. The summed E-state index contributed by atoms with van der Waals surface area (Å²) in [5, 5.41) is 6.10. The highest BCUT2D eigenvalue weighted by molar-refractivity contribution is 7.90. The van der Waals surface area contributed by atoms with Gasteiger partial charge in [0.25, 0.3) is 0 Å². The van der Waals surface area contributed by atoms with E-state index in [0.29, 0.717) is 18.3 Å². The Bertz CT molecular complexity index is 488. The lowest BCUT2D eigenvalue weighted by Crippen LogP contribution is -2.16. The van der Waals surface area contributed by atoms with Crippen LogP contribution in [-0.4, -0.2) is 43.5 Å². The van der Waals surface area contributed by atoms with Crippen molar-refractivity contribution >= 4 is 21.6 Å². The minimum absolute atomic E-state index is 0.0914. The van der Waals surface area contributed by atoms with E-state index < -0.39 is 9.84 Å². The molecule has 0 atom stereocenters. The van der Waals surface area contributed by atoms with Gasteiger partial charge in [0, 0.05) is 31.1 Å². The third kappa shape index (κ3) is 5.31. The van der Waals surface area contributed by atoms with Crippen molar-refractivity contribution in [2.75, 3.05) is 35.7 Å². The van der Waals surface area contributed by atoms with Crippen LogP contribution in [-0.2, 0) is 9.84 Å². The Hall–Kier alpha value is -1.37. The predicted molar refractivity (Wildman–Crippen MR) is 73.8 cm³/mol. The van der Waals surface area contributed by atoms with E-state index in [4.69, 9.17) is 0 Å². The van der Waals surface area contributed by atoms with E-state index in [2.05, 4.69) is 27.5 Å². The molecule has 7 heteroatoms. The first-order valence-electron chi connectivity index (χ1n) is 5.91. The molecule has 0 spiro atoms. The van der Waals surface area contributed by atoms with Crippen molar-refractivity contribution in [1.82, 2.24) is 9.97 Å². The summed E-state index contributed by atoms with van der Waals surface area (Å²) in [4.78, 5) is 8.45. The fraction of sp³-hybridized carbons (Fsp3) is 0.636. The molecular weight excluding hydrogens is 252 g/mol. The van der Waals surface area contributed by atoms with Crippen LogP contribution in [0.1, 0.15) is 18.9 Å². The Kier molecular flexibility index (Phi) is 5.33. The quantitative estimate of drug-likeness (QED) is 0.772. The highest BCUT2D eigenvalue weighted by Gasteiger charge is 2.05. The number of rotatable bonds is 7. The fourth-order valence-electron chi connectivity index (χ4n) is 1.30. The lowest BCUT2D eigenvalue weighted by molar-refractivity contribution is 0.602. The maximum absolute atomic E-state index is 11.0. The minimum Gasteiger partial charge on any atom is -0.369 e. The zero-order chi connectivity index (χ0) is 13.6. The number of aryl methyl sites for hydroxylation is 1. The van der Waals surface area contributed by atoms with Gasteiger partial charge in [0.2, 0.25) is 5.95 Å². The largest absolute Gasteiger partial charge is 0.369 e. The lowest BCUT2D eigenvalue weighted by atomic mass is 10.3. The zero-order valence-electron chi connectivity index (χ0n) is 11.0. The van der Waals surface area contributed by atoms with Crippen molar-refractivity contribution in [3.63, 3.8) is 0 Å². The second-order valence-electron chi connectivity index (χ2n) is 4.21. The summed E-state index contributed by atoms with van der Waals surface area (Å²) < 4.78 is 22.1. The normalized spacial score (nSPS) is 11.3. The highest BCUT2D eigenvalue weighted by Crippen LogP contribution is 2.12. The van der Waals surface area contributed by atoms with Gasteiger partial charge in [-0.05, 0) is 13.3 Å². The van der Waals surface area contributed by atoms with Crippen LogP contribution in [0.3, 0.4) is 0 Å². The summed E-state index contributed by atoms with van der Waals surface area (Å²) in [5.74, 6) is 1.32. The van der Waals surface area contributed by atoms with E-state index in [-0.39, 0.29) is 5.75 Å². The maximum Gasteiger partial charge on any atom is 0.224 e. The van der Waals surface area contributed by atoms with Gasteiger partial charge in [0.05, 0.1) is 5.75 Å². The number of nitrogens with one attached hydrogen (secondary N) is 2. The first kappa shape index (κ1) is 14.7. The number of aromatic nitrogens is 2. The Labute approximate surface area is 108 Å². The molecule has 0 fully saturated rings. The molecule has 18 heavy (non-hydrogen) atoms. The van der Waals surface area contributed by atoms with Crippen molar-refractivity contribution in [2.45, 2.75) is 20.3 Å². The van der Waals surface area contributed by atoms with Crippen LogP contribution in [0.4, 0.5) is 11.8 Å². The van der Waals surface area contributed by atoms with Crippen molar-refractivity contribution in [3.05, 3.63) is 11.8 Å². The van der Waals surface area contributed by atoms with Crippen LogP contribution in [0, 0.1) is 6.92 Å². The van der Waals surface area contributed by atoms with Gasteiger partial charge in [-0.25, -0.2) is 13.4 Å². The van der Waals surface area contributed by atoms with E-state index in [9.17, 15) is 8.42 Å². The third-order valence-corrected chi connectivity index (χ3v) is 3.22. The summed E-state index contributed by atoms with van der Waals surface area (Å²) in [5.41, 5.74) is 0.894. The second kappa shape index (κ2) is 6.53. The summed E-state index contributed by atoms with van der Waals surface area (Å²) in [7, 11) is -2.95. The molecule has 0 radical (unpaired) electrons. The number of sulfone groups is 1. The molecule has 0 saturated heterocycles. The molecule has 1 aromatic rings. The second-order valence-corrected chi connectivity index (χ2v) is 6.47. The van der Waals surface area contributed by atoms with E-state index >= 15 is 0 Å². The van der Waals surface area contributed by atoms with Gasteiger partial charge in [-0.2, -0.15) is 4.98 Å². The smallest absolute Gasteiger partial charge is 0.224 e. The van der Waals surface area contributed by atoms with Crippen LogP contribution >= 0.6 is 0 Å². The summed E-state index contributed by atoms with van der Waals surface area (Å²) >= 11 is 0. The van der Waals surface area contributed by atoms with Crippen LogP contribution in [0.15, 0.2) is 6.20 Å². The first-order chi connectivity index (χ1) is 8.42. The fourth-order valence-corrected chi connectivity index (χ4v) is 1.77. The molecule has 2 N–H and O–H groups in total. The molecule has 0 saturated carbocycles. The molecule has 0 unspecified atom stereocenters. The average Bonchev–Trinajstić information content (AvgIpc) is 2.28. The van der Waals surface area contributed by atoms with Crippen molar-refractivity contribution in [1.29, 1.82) is 0 Å². The standard InChI is InChI=1S/C11H20N4O2S/c1-4-5-13-11-14-8-9(2)10(15-11)12-6-7-18(3,16)17/h8H,4-7H2,1-3H3,(H2,12,13,14,15). The Morgan fingerprint density at radius 2 is 2.00 bits per heavy atom. The van der Waals surface area contributed by atoms with E-state index in [1.54, 1.807) is 6.20 Å². The van der Waals surface area contributed by atoms with Crippen LogP contribution in [0.25, 0.3) is 0 Å². The number of anilines is 2. The van der Waals surface area contributed by atoms with Gasteiger partial charge in [-0.3, -0.25) is 0 Å². The monoisotopic (exact) mass is 272 g/mol. The molecule has 102 valence electrons. The Balaban J connectivity index is 2.63. The molecule has 0 aliphatic carbocycles. The SMILES string of the molecule is CCCNc1ncc(C)c(NCCS(C)(=O)=O)n1. The minimum atomic E-state index is -2.95. The molecule has 0 aliphatic rings. The van der Waals surface area contributed by atoms with Crippen LogP contribution in [0.2, 0.25) is 0 Å². The van der Waals surface area contributed by atoms with Gasteiger partial charge in [-0.15, -0.1) is 0 Å². The average molecular weight is 272 g/mol. The van der Waals surface area contributed by atoms with E-state index in [1.165, 1.54) is 6.26 Å². The first-order valence-corrected chi connectivity index (χ1v) is 7.97. The molecule has 1 heterocycles. The molecule has 0 bridgehead atoms. The molecule has 1 aromatic heterocycles. The van der Waals surface area contributed by atoms with E-state index in [0.717, 1.165) is 18.5 Å². The molecule has 1 rings (SSSR count). The predicted octanol–water partition coefficient (Wildman–Crippen LogP) is 1.06. The Morgan fingerprint density at radius 1 is 1.28 bits per heavy atom. The van der Waals surface area contributed by atoms with Gasteiger partial charge in [0.15, 0.2) is 0 Å². The topological polar surface area (TPSA) is 84.0 Å². The third-order valence-electron chi connectivity index (χ3n) is 2.27.